The molecule has 0 bridgehead atoms. The first-order valence-corrected chi connectivity index (χ1v) is 9.39. The molecular weight excluding hydrogens is 398 g/mol. The highest BCUT2D eigenvalue weighted by Crippen LogP contribution is 2.33. The lowest BCUT2D eigenvalue weighted by atomic mass is 10.2. The van der Waals surface area contributed by atoms with E-state index in [1.165, 1.54) is 22.7 Å². The monoisotopic (exact) mass is 407 g/mol. The van der Waals surface area contributed by atoms with Gasteiger partial charge in [0.1, 0.15) is 10.7 Å². The first-order chi connectivity index (χ1) is 12.6. The van der Waals surface area contributed by atoms with Crippen LogP contribution in [-0.2, 0) is 0 Å². The molecule has 7 nitrogen and oxygen atoms in total. The molecule has 26 heavy (non-hydrogen) atoms. The number of carbonyl (C=O) groups is 2. The van der Waals surface area contributed by atoms with Crippen molar-refractivity contribution in [3.8, 4) is 21.4 Å². The van der Waals surface area contributed by atoms with E-state index in [0.717, 1.165) is 4.88 Å². The second kappa shape index (κ2) is 6.94. The molecule has 1 aromatic carbocycles. The molecule has 0 fully saturated rings. The molecule has 0 atom stereocenters. The molecule has 3 aromatic rings. The number of thiazole rings is 1. The van der Waals surface area contributed by atoms with Gasteiger partial charge in [0, 0.05) is 10.9 Å². The highest BCUT2D eigenvalue weighted by Gasteiger charge is 2.18. The molecule has 132 valence electrons. The van der Waals surface area contributed by atoms with Gasteiger partial charge in [-0.05, 0) is 30.3 Å². The minimum Gasteiger partial charge on any atom is -0.454 e. The Balaban J connectivity index is 1.39. The Labute approximate surface area is 160 Å². The molecule has 1 aliphatic heterocycles. The third kappa shape index (κ3) is 3.36. The van der Waals surface area contributed by atoms with Crippen LogP contribution in [0.15, 0.2) is 35.7 Å². The number of hydrazine groups is 1. The predicted octanol–water partition coefficient (Wildman–Crippen LogP) is 3.33. The lowest BCUT2D eigenvalue weighted by Crippen LogP contribution is -2.41. The number of aromatic nitrogens is 1. The van der Waals surface area contributed by atoms with Gasteiger partial charge >= 0.3 is 0 Å². The number of fused-ring (bicyclic) bond motifs is 1. The maximum atomic E-state index is 12.2. The van der Waals surface area contributed by atoms with Crippen molar-refractivity contribution in [2.24, 2.45) is 0 Å². The Hall–Kier alpha value is -2.62. The number of rotatable bonds is 3. The number of halogens is 1. The molecule has 3 heterocycles. The number of ether oxygens (including phenoxy) is 2. The molecule has 0 saturated heterocycles. The number of benzene rings is 1. The number of nitrogens with zero attached hydrogens (tertiary/aromatic N) is 1. The highest BCUT2D eigenvalue weighted by atomic mass is 35.5. The van der Waals surface area contributed by atoms with Gasteiger partial charge < -0.3 is 9.47 Å². The average molecular weight is 408 g/mol. The Morgan fingerprint density at radius 1 is 1.08 bits per heavy atom. The molecule has 2 amide bonds. The fourth-order valence-corrected chi connectivity index (χ4v) is 4.12. The van der Waals surface area contributed by atoms with Gasteiger partial charge in [0.05, 0.1) is 9.21 Å². The molecule has 0 saturated carbocycles. The Kier molecular flexibility index (Phi) is 4.49. The second-order valence-electron chi connectivity index (χ2n) is 5.12. The van der Waals surface area contributed by atoms with E-state index in [4.69, 9.17) is 21.1 Å². The van der Waals surface area contributed by atoms with Crippen LogP contribution in [-0.4, -0.2) is 23.6 Å². The van der Waals surface area contributed by atoms with E-state index in [1.807, 2.05) is 6.07 Å². The van der Waals surface area contributed by atoms with Crippen molar-refractivity contribution < 1.29 is 19.1 Å². The number of hydrogen-bond donors (Lipinski definition) is 2. The van der Waals surface area contributed by atoms with Crippen LogP contribution in [0.1, 0.15) is 20.8 Å². The summed E-state index contributed by atoms with van der Waals surface area (Å²) in [6, 6.07) is 8.38. The lowest BCUT2D eigenvalue weighted by molar-refractivity contribution is 0.0844. The molecule has 4 rings (SSSR count). The quantitative estimate of drug-likeness (QED) is 0.650. The van der Waals surface area contributed by atoms with Gasteiger partial charge in [-0.2, -0.15) is 0 Å². The molecule has 0 aliphatic carbocycles. The van der Waals surface area contributed by atoms with E-state index in [9.17, 15) is 9.59 Å². The van der Waals surface area contributed by atoms with Crippen LogP contribution in [0.25, 0.3) is 9.88 Å². The molecule has 2 aromatic heterocycles. The number of hydrogen-bond acceptors (Lipinski definition) is 7. The molecule has 0 unspecified atom stereocenters. The molecule has 0 radical (unpaired) electrons. The summed E-state index contributed by atoms with van der Waals surface area (Å²) in [7, 11) is 0. The van der Waals surface area contributed by atoms with E-state index in [2.05, 4.69) is 15.8 Å². The highest BCUT2D eigenvalue weighted by molar-refractivity contribution is 7.23. The first kappa shape index (κ1) is 16.8. The van der Waals surface area contributed by atoms with Crippen LogP contribution >= 0.6 is 34.3 Å². The van der Waals surface area contributed by atoms with Gasteiger partial charge in [-0.25, -0.2) is 4.98 Å². The summed E-state index contributed by atoms with van der Waals surface area (Å²) in [6.07, 6.45) is 0. The van der Waals surface area contributed by atoms with Gasteiger partial charge in [-0.1, -0.05) is 11.6 Å². The zero-order chi connectivity index (χ0) is 18.1. The smallest absolute Gasteiger partial charge is 0.289 e. The minimum atomic E-state index is -0.510. The zero-order valence-corrected chi connectivity index (χ0v) is 15.3. The minimum absolute atomic E-state index is 0.124. The van der Waals surface area contributed by atoms with Crippen molar-refractivity contribution in [3.05, 3.63) is 51.3 Å². The third-order valence-electron chi connectivity index (χ3n) is 3.45. The topological polar surface area (TPSA) is 89.6 Å². The normalized spacial score (nSPS) is 12.0. The summed E-state index contributed by atoms with van der Waals surface area (Å²) in [6.45, 7) is 0.124. The van der Waals surface area contributed by atoms with E-state index >= 15 is 0 Å². The van der Waals surface area contributed by atoms with E-state index in [1.54, 1.807) is 29.6 Å². The Bertz CT molecular complexity index is 1000. The molecule has 10 heteroatoms. The standard InChI is InChI=1S/C16H10ClN3O4S2/c17-13-4-3-12(26-13)16-18-9(6-25-16)15(22)20-19-14(21)8-1-2-10-11(5-8)24-7-23-10/h1-6H,7H2,(H,19,21)(H,20,22). The molecular formula is C16H10ClN3O4S2. The van der Waals surface area contributed by atoms with Crippen LogP contribution in [0.3, 0.4) is 0 Å². The van der Waals surface area contributed by atoms with E-state index in [-0.39, 0.29) is 12.5 Å². The van der Waals surface area contributed by atoms with Crippen LogP contribution < -0.4 is 20.3 Å². The van der Waals surface area contributed by atoms with Crippen LogP contribution in [0.2, 0.25) is 4.34 Å². The van der Waals surface area contributed by atoms with Gasteiger partial charge in [0.2, 0.25) is 6.79 Å². The lowest BCUT2D eigenvalue weighted by Gasteiger charge is -2.06. The second-order valence-corrected chi connectivity index (χ2v) is 7.69. The molecule has 1 aliphatic rings. The Morgan fingerprint density at radius 2 is 1.88 bits per heavy atom. The summed E-state index contributed by atoms with van der Waals surface area (Å²) in [5, 5.41) is 2.31. The third-order valence-corrected chi connectivity index (χ3v) is 5.69. The zero-order valence-electron chi connectivity index (χ0n) is 12.9. The summed E-state index contributed by atoms with van der Waals surface area (Å²) >= 11 is 8.62. The molecule has 2 N–H and O–H groups in total. The molecule has 0 spiro atoms. The number of nitrogens with one attached hydrogen (secondary N) is 2. The fourth-order valence-electron chi connectivity index (χ4n) is 2.21. The first-order valence-electron chi connectivity index (χ1n) is 7.32. The van der Waals surface area contributed by atoms with Gasteiger partial charge in [0.15, 0.2) is 11.5 Å². The van der Waals surface area contributed by atoms with Crippen molar-refractivity contribution in [2.75, 3.05) is 6.79 Å². The number of amides is 2. The van der Waals surface area contributed by atoms with Crippen LogP contribution in [0, 0.1) is 0 Å². The maximum Gasteiger partial charge on any atom is 0.289 e. The fraction of sp³-hybridized carbons (Fsp3) is 0.0625. The van der Waals surface area contributed by atoms with Gasteiger partial charge in [-0.15, -0.1) is 22.7 Å². The van der Waals surface area contributed by atoms with E-state index < -0.39 is 11.8 Å². The summed E-state index contributed by atoms with van der Waals surface area (Å²) < 4.78 is 11.1. The van der Waals surface area contributed by atoms with Crippen molar-refractivity contribution in [1.29, 1.82) is 0 Å². The summed E-state index contributed by atoms with van der Waals surface area (Å²) in [5.41, 5.74) is 5.24. The average Bonchev–Trinajstić information content (AvgIpc) is 3.38. The number of thiophene rings is 1. The van der Waals surface area contributed by atoms with Crippen molar-refractivity contribution >= 4 is 46.1 Å². The van der Waals surface area contributed by atoms with Crippen molar-refractivity contribution in [1.82, 2.24) is 15.8 Å². The predicted molar refractivity (Wildman–Crippen MR) is 97.9 cm³/mol. The van der Waals surface area contributed by atoms with Crippen LogP contribution in [0.5, 0.6) is 11.5 Å². The SMILES string of the molecule is O=C(NNC(=O)c1csc(-c2ccc(Cl)s2)n1)c1ccc2c(c1)OCO2. The Morgan fingerprint density at radius 3 is 2.69 bits per heavy atom. The summed E-state index contributed by atoms with van der Waals surface area (Å²) in [5.74, 6) is 0.0818. The maximum absolute atomic E-state index is 12.2. The van der Waals surface area contributed by atoms with Gasteiger partial charge in [0.25, 0.3) is 11.8 Å². The van der Waals surface area contributed by atoms with Crippen LogP contribution in [0.4, 0.5) is 0 Å². The number of carbonyl (C=O) groups excluding carboxylic acids is 2. The van der Waals surface area contributed by atoms with E-state index in [0.29, 0.717) is 26.4 Å². The summed E-state index contributed by atoms with van der Waals surface area (Å²) in [4.78, 5) is 29.5. The largest absolute Gasteiger partial charge is 0.454 e. The van der Waals surface area contributed by atoms with Crippen molar-refractivity contribution in [2.45, 2.75) is 0 Å². The van der Waals surface area contributed by atoms with Crippen molar-refractivity contribution in [3.63, 3.8) is 0 Å². The van der Waals surface area contributed by atoms with Gasteiger partial charge in [-0.3, -0.25) is 20.4 Å².